The van der Waals surface area contributed by atoms with Gasteiger partial charge in [0.15, 0.2) is 0 Å². The van der Waals surface area contributed by atoms with E-state index in [0.29, 0.717) is 12.2 Å². The molecule has 0 saturated heterocycles. The van der Waals surface area contributed by atoms with Gasteiger partial charge in [-0.2, -0.15) is 0 Å². The molecule has 0 bridgehead atoms. The second kappa shape index (κ2) is 8.95. The second-order valence-corrected chi connectivity index (χ2v) is 4.56. The van der Waals surface area contributed by atoms with Crippen molar-refractivity contribution in [2.24, 2.45) is 0 Å². The third-order valence-corrected chi connectivity index (χ3v) is 2.93. The van der Waals surface area contributed by atoms with Crippen molar-refractivity contribution >= 4 is 5.97 Å². The van der Waals surface area contributed by atoms with Crippen molar-refractivity contribution in [2.75, 3.05) is 14.2 Å². The third kappa shape index (κ3) is 4.67. The fourth-order valence-corrected chi connectivity index (χ4v) is 1.96. The van der Waals surface area contributed by atoms with Crippen LogP contribution in [0.2, 0.25) is 0 Å². The summed E-state index contributed by atoms with van der Waals surface area (Å²) in [6.45, 7) is 6.42. The molecule has 0 fully saturated rings. The summed E-state index contributed by atoms with van der Waals surface area (Å²) in [4.78, 5) is 16.1. The van der Waals surface area contributed by atoms with E-state index in [-0.39, 0.29) is 5.97 Å². The van der Waals surface area contributed by atoms with Crippen LogP contribution in [0, 0.1) is 6.92 Å². The SMILES string of the molecule is CC.COCc1cc(C(=O)OC)cc(-c2ccc(C)cn2)c1. The van der Waals surface area contributed by atoms with Gasteiger partial charge >= 0.3 is 5.97 Å². The van der Waals surface area contributed by atoms with E-state index in [4.69, 9.17) is 9.47 Å². The van der Waals surface area contributed by atoms with Crippen molar-refractivity contribution < 1.29 is 14.3 Å². The van der Waals surface area contributed by atoms with E-state index in [9.17, 15) is 4.79 Å². The van der Waals surface area contributed by atoms with Crippen molar-refractivity contribution in [1.29, 1.82) is 0 Å². The Morgan fingerprint density at radius 3 is 2.41 bits per heavy atom. The Bertz CT molecular complexity index is 606. The molecule has 1 aromatic carbocycles. The molecule has 0 aliphatic heterocycles. The van der Waals surface area contributed by atoms with E-state index in [1.54, 1.807) is 25.4 Å². The van der Waals surface area contributed by atoms with Gasteiger partial charge in [0.25, 0.3) is 0 Å². The lowest BCUT2D eigenvalue weighted by Crippen LogP contribution is -2.03. The molecule has 0 saturated carbocycles. The molecule has 22 heavy (non-hydrogen) atoms. The van der Waals surface area contributed by atoms with Gasteiger partial charge in [-0.1, -0.05) is 19.9 Å². The molecule has 0 unspecified atom stereocenters. The molecule has 1 aromatic heterocycles. The molecular weight excluding hydrogens is 278 g/mol. The van der Waals surface area contributed by atoms with Crippen LogP contribution in [0.3, 0.4) is 0 Å². The molecule has 1 heterocycles. The van der Waals surface area contributed by atoms with Crippen LogP contribution >= 0.6 is 0 Å². The number of benzene rings is 1. The monoisotopic (exact) mass is 301 g/mol. The number of nitrogens with zero attached hydrogens (tertiary/aromatic N) is 1. The largest absolute Gasteiger partial charge is 0.465 e. The summed E-state index contributed by atoms with van der Waals surface area (Å²) in [5.41, 5.74) is 4.20. The zero-order valence-corrected chi connectivity index (χ0v) is 13.8. The molecule has 0 spiro atoms. The summed E-state index contributed by atoms with van der Waals surface area (Å²) in [5.74, 6) is -0.365. The summed E-state index contributed by atoms with van der Waals surface area (Å²) in [5, 5.41) is 0. The van der Waals surface area contributed by atoms with E-state index < -0.39 is 0 Å². The number of methoxy groups -OCH3 is 2. The summed E-state index contributed by atoms with van der Waals surface area (Å²) in [6.07, 6.45) is 1.80. The number of pyridine rings is 1. The summed E-state index contributed by atoms with van der Waals surface area (Å²) < 4.78 is 9.91. The molecule has 0 aliphatic rings. The highest BCUT2D eigenvalue weighted by molar-refractivity contribution is 5.91. The zero-order valence-electron chi connectivity index (χ0n) is 13.8. The molecule has 118 valence electrons. The van der Waals surface area contributed by atoms with Crippen LogP contribution in [0.5, 0.6) is 0 Å². The molecule has 0 atom stereocenters. The fourth-order valence-electron chi connectivity index (χ4n) is 1.96. The Hall–Kier alpha value is -2.20. The van der Waals surface area contributed by atoms with E-state index in [1.807, 2.05) is 39.0 Å². The van der Waals surface area contributed by atoms with Crippen LogP contribution in [0.25, 0.3) is 11.3 Å². The molecule has 2 rings (SSSR count). The van der Waals surface area contributed by atoms with E-state index >= 15 is 0 Å². The van der Waals surface area contributed by atoms with Crippen molar-refractivity contribution in [3.8, 4) is 11.3 Å². The molecule has 0 N–H and O–H groups in total. The summed E-state index contributed by atoms with van der Waals surface area (Å²) in [6, 6.07) is 9.44. The van der Waals surface area contributed by atoms with Gasteiger partial charge in [-0.15, -0.1) is 0 Å². The Labute approximate surface area is 132 Å². The third-order valence-electron chi connectivity index (χ3n) is 2.93. The Balaban J connectivity index is 0.00000116. The molecule has 4 heteroatoms. The number of rotatable bonds is 4. The Morgan fingerprint density at radius 1 is 1.14 bits per heavy atom. The van der Waals surface area contributed by atoms with Crippen LogP contribution in [-0.2, 0) is 16.1 Å². The first-order valence-electron chi connectivity index (χ1n) is 7.28. The Morgan fingerprint density at radius 2 is 1.86 bits per heavy atom. The van der Waals surface area contributed by atoms with E-state index in [0.717, 1.165) is 22.4 Å². The molecule has 0 radical (unpaired) electrons. The highest BCUT2D eigenvalue weighted by Crippen LogP contribution is 2.22. The molecule has 2 aromatic rings. The number of carbonyl (C=O) groups excluding carboxylic acids is 1. The minimum absolute atomic E-state index is 0.365. The van der Waals surface area contributed by atoms with Crippen LogP contribution in [0.15, 0.2) is 36.5 Å². The topological polar surface area (TPSA) is 48.4 Å². The van der Waals surface area contributed by atoms with Gasteiger partial charge in [-0.25, -0.2) is 4.79 Å². The minimum atomic E-state index is -0.365. The van der Waals surface area contributed by atoms with Gasteiger partial charge in [0.2, 0.25) is 0 Å². The van der Waals surface area contributed by atoms with Gasteiger partial charge in [-0.05, 0) is 42.3 Å². The summed E-state index contributed by atoms with van der Waals surface area (Å²) >= 11 is 0. The van der Waals surface area contributed by atoms with Crippen molar-refractivity contribution in [3.05, 3.63) is 53.2 Å². The number of esters is 1. The fraction of sp³-hybridized carbons (Fsp3) is 0.333. The van der Waals surface area contributed by atoms with Gasteiger partial charge in [0.05, 0.1) is 25.0 Å². The number of aromatic nitrogens is 1. The minimum Gasteiger partial charge on any atom is -0.465 e. The van der Waals surface area contributed by atoms with E-state index in [1.165, 1.54) is 7.11 Å². The quantitative estimate of drug-likeness (QED) is 0.800. The van der Waals surface area contributed by atoms with E-state index in [2.05, 4.69) is 4.98 Å². The molecular formula is C18H23NO3. The zero-order chi connectivity index (χ0) is 16.5. The van der Waals surface area contributed by atoms with Gasteiger partial charge < -0.3 is 9.47 Å². The Kier molecular flexibility index (Phi) is 7.26. The first-order chi connectivity index (χ1) is 10.6. The number of hydrogen-bond donors (Lipinski definition) is 0. The maximum atomic E-state index is 11.7. The average molecular weight is 301 g/mol. The summed E-state index contributed by atoms with van der Waals surface area (Å²) in [7, 11) is 2.99. The van der Waals surface area contributed by atoms with Crippen molar-refractivity contribution in [3.63, 3.8) is 0 Å². The number of ether oxygens (including phenoxy) is 2. The molecule has 0 amide bonds. The first kappa shape index (κ1) is 17.9. The van der Waals surface area contributed by atoms with Crippen LogP contribution in [0.4, 0.5) is 0 Å². The lowest BCUT2D eigenvalue weighted by atomic mass is 10.0. The number of hydrogen-bond acceptors (Lipinski definition) is 4. The maximum Gasteiger partial charge on any atom is 0.337 e. The smallest absolute Gasteiger partial charge is 0.337 e. The maximum absolute atomic E-state index is 11.7. The first-order valence-corrected chi connectivity index (χ1v) is 7.28. The normalized spacial score (nSPS) is 9.68. The predicted molar refractivity (Wildman–Crippen MR) is 87.8 cm³/mol. The lowest BCUT2D eigenvalue weighted by molar-refractivity contribution is 0.0600. The van der Waals surface area contributed by atoms with Gasteiger partial charge in [0, 0.05) is 18.9 Å². The number of carbonyl (C=O) groups is 1. The predicted octanol–water partition coefficient (Wildman–Crippen LogP) is 4.02. The van der Waals surface area contributed by atoms with Gasteiger partial charge in [-0.3, -0.25) is 4.98 Å². The average Bonchev–Trinajstić information content (AvgIpc) is 2.56. The van der Waals surface area contributed by atoms with Crippen molar-refractivity contribution in [2.45, 2.75) is 27.4 Å². The lowest BCUT2D eigenvalue weighted by Gasteiger charge is -2.08. The highest BCUT2D eigenvalue weighted by atomic mass is 16.5. The highest BCUT2D eigenvalue weighted by Gasteiger charge is 2.10. The van der Waals surface area contributed by atoms with Crippen LogP contribution < -0.4 is 0 Å². The standard InChI is InChI=1S/C16H17NO3.C2H6/c1-11-4-5-15(17-9-11)13-6-12(10-19-2)7-14(8-13)16(18)20-3;1-2/h4-9H,10H2,1-3H3;1-2H3. The van der Waals surface area contributed by atoms with Crippen molar-refractivity contribution in [1.82, 2.24) is 4.98 Å². The van der Waals surface area contributed by atoms with Gasteiger partial charge in [0.1, 0.15) is 0 Å². The van der Waals surface area contributed by atoms with Crippen LogP contribution in [-0.4, -0.2) is 25.2 Å². The van der Waals surface area contributed by atoms with Crippen LogP contribution in [0.1, 0.15) is 35.3 Å². The molecule has 4 nitrogen and oxygen atoms in total. The second-order valence-electron chi connectivity index (χ2n) is 4.56. The number of aryl methyl sites for hydroxylation is 1. The molecule has 0 aliphatic carbocycles.